The van der Waals surface area contributed by atoms with E-state index in [-0.39, 0.29) is 6.61 Å². The Morgan fingerprint density at radius 3 is 2.36 bits per heavy atom. The van der Waals surface area contributed by atoms with Crippen molar-refractivity contribution in [1.82, 2.24) is 0 Å². The third-order valence-electron chi connectivity index (χ3n) is 0.982. The van der Waals surface area contributed by atoms with Gasteiger partial charge in [-0.25, -0.2) is 4.79 Å². The van der Waals surface area contributed by atoms with Crippen LogP contribution in [0.5, 0.6) is 0 Å². The van der Waals surface area contributed by atoms with Crippen molar-refractivity contribution in [2.45, 2.75) is 13.1 Å². The van der Waals surface area contributed by atoms with Crippen molar-refractivity contribution < 1.29 is 27.6 Å². The molecule has 14 heavy (non-hydrogen) atoms. The minimum atomic E-state index is -4.92. The minimum Gasteiger partial charge on any atom is -0.458 e. The lowest BCUT2D eigenvalue weighted by molar-refractivity contribution is -0.422. The average molecular weight is 213 g/mol. The Morgan fingerprint density at radius 2 is 2.07 bits per heavy atom. The van der Waals surface area contributed by atoms with E-state index in [0.29, 0.717) is 0 Å². The van der Waals surface area contributed by atoms with Gasteiger partial charge in [-0.15, -0.1) is 0 Å². The summed E-state index contributed by atoms with van der Waals surface area (Å²) in [5.41, 5.74) is -1.63. The molecule has 0 aliphatic heterocycles. The summed E-state index contributed by atoms with van der Waals surface area (Å²) in [5.74, 6) is -1.60. The van der Waals surface area contributed by atoms with Crippen molar-refractivity contribution in [3.05, 3.63) is 21.9 Å². The molecular formula is C6H6F3NO4. The SMILES string of the molecule is CCOC(=O)/C(=C/C(F)(F)F)[N+](=O)[O-]. The highest BCUT2D eigenvalue weighted by molar-refractivity contribution is 5.85. The van der Waals surface area contributed by atoms with Crippen LogP contribution in [0.1, 0.15) is 6.92 Å². The van der Waals surface area contributed by atoms with Gasteiger partial charge in [0.2, 0.25) is 0 Å². The van der Waals surface area contributed by atoms with Gasteiger partial charge in [-0.2, -0.15) is 13.2 Å². The predicted molar refractivity (Wildman–Crippen MR) is 37.8 cm³/mol. The van der Waals surface area contributed by atoms with E-state index in [1.54, 1.807) is 0 Å². The molecule has 80 valence electrons. The Balaban J connectivity index is 4.87. The van der Waals surface area contributed by atoms with E-state index in [9.17, 15) is 28.1 Å². The molecule has 0 atom stereocenters. The van der Waals surface area contributed by atoms with Crippen LogP contribution in [-0.2, 0) is 9.53 Å². The number of ether oxygens (including phenoxy) is 1. The van der Waals surface area contributed by atoms with Crippen molar-refractivity contribution in [1.29, 1.82) is 0 Å². The lowest BCUT2D eigenvalue weighted by Crippen LogP contribution is -2.18. The fourth-order valence-corrected chi connectivity index (χ4v) is 0.546. The normalized spacial score (nSPS) is 12.4. The van der Waals surface area contributed by atoms with Crippen LogP contribution in [0.3, 0.4) is 0 Å². The van der Waals surface area contributed by atoms with Gasteiger partial charge in [0, 0.05) is 0 Å². The molecule has 0 aromatic heterocycles. The summed E-state index contributed by atoms with van der Waals surface area (Å²) < 4.78 is 39.1. The van der Waals surface area contributed by atoms with Gasteiger partial charge in [-0.05, 0) is 6.92 Å². The van der Waals surface area contributed by atoms with Crippen molar-refractivity contribution in [3.63, 3.8) is 0 Å². The van der Waals surface area contributed by atoms with Crippen LogP contribution >= 0.6 is 0 Å². The molecular weight excluding hydrogens is 207 g/mol. The van der Waals surface area contributed by atoms with Gasteiger partial charge in [-0.3, -0.25) is 10.1 Å². The topological polar surface area (TPSA) is 69.4 Å². The predicted octanol–water partition coefficient (Wildman–Crippen LogP) is 1.27. The van der Waals surface area contributed by atoms with Crippen LogP contribution in [0.4, 0.5) is 13.2 Å². The molecule has 0 spiro atoms. The molecule has 8 heteroatoms. The summed E-state index contributed by atoms with van der Waals surface area (Å²) in [5, 5.41) is 10.0. The third-order valence-corrected chi connectivity index (χ3v) is 0.982. The molecule has 0 aromatic carbocycles. The van der Waals surface area contributed by atoms with Crippen molar-refractivity contribution in [2.75, 3.05) is 6.61 Å². The lowest BCUT2D eigenvalue weighted by Gasteiger charge is -2.01. The van der Waals surface area contributed by atoms with Crippen LogP contribution in [0.2, 0.25) is 0 Å². The molecule has 0 aliphatic rings. The summed E-state index contributed by atoms with van der Waals surface area (Å²) in [6, 6.07) is 0. The zero-order valence-electron chi connectivity index (χ0n) is 7.00. The summed E-state index contributed by atoms with van der Waals surface area (Å²) in [7, 11) is 0. The van der Waals surface area contributed by atoms with Crippen molar-refractivity contribution in [2.24, 2.45) is 0 Å². The van der Waals surface area contributed by atoms with E-state index >= 15 is 0 Å². The smallest absolute Gasteiger partial charge is 0.416 e. The number of allylic oxidation sites excluding steroid dienone is 1. The average Bonchev–Trinajstić information content (AvgIpc) is 1.98. The van der Waals surface area contributed by atoms with Gasteiger partial charge in [0.1, 0.15) is 6.08 Å². The van der Waals surface area contributed by atoms with Gasteiger partial charge < -0.3 is 4.74 Å². The molecule has 0 bridgehead atoms. The molecule has 0 saturated heterocycles. The van der Waals surface area contributed by atoms with Gasteiger partial charge in [0.25, 0.3) is 0 Å². The second-order valence-electron chi connectivity index (χ2n) is 2.05. The standard InChI is InChI=1S/C6H6F3NO4/c1-2-14-5(11)4(10(12)13)3-6(7,8)9/h3H,2H2,1H3/b4-3-. The number of nitro groups is 1. The first-order chi connectivity index (χ1) is 6.28. The van der Waals surface area contributed by atoms with E-state index in [0.717, 1.165) is 0 Å². The maximum Gasteiger partial charge on any atom is 0.416 e. The number of carbonyl (C=O) groups excluding carboxylic acids is 1. The van der Waals surface area contributed by atoms with Gasteiger partial charge >= 0.3 is 17.8 Å². The highest BCUT2D eigenvalue weighted by atomic mass is 19.4. The maximum absolute atomic E-state index is 11.7. The van der Waals surface area contributed by atoms with E-state index in [1.165, 1.54) is 6.92 Å². The third kappa shape index (κ3) is 4.43. The lowest BCUT2D eigenvalue weighted by atomic mass is 10.4. The molecule has 0 amide bonds. The zero-order valence-corrected chi connectivity index (χ0v) is 7.00. The monoisotopic (exact) mass is 213 g/mol. The van der Waals surface area contributed by atoms with E-state index < -0.39 is 28.8 Å². The van der Waals surface area contributed by atoms with Crippen LogP contribution < -0.4 is 0 Å². The molecule has 0 radical (unpaired) electrons. The maximum atomic E-state index is 11.7. The molecule has 0 aliphatic carbocycles. The second-order valence-corrected chi connectivity index (χ2v) is 2.05. The summed E-state index contributed by atoms with van der Waals surface area (Å²) in [4.78, 5) is 19.2. The number of carbonyl (C=O) groups is 1. The Morgan fingerprint density at radius 1 is 1.57 bits per heavy atom. The van der Waals surface area contributed by atoms with E-state index in [1.807, 2.05) is 0 Å². The molecule has 0 saturated carbocycles. The summed E-state index contributed by atoms with van der Waals surface area (Å²) >= 11 is 0. The van der Waals surface area contributed by atoms with Crippen LogP contribution in [0.15, 0.2) is 11.8 Å². The van der Waals surface area contributed by atoms with Gasteiger partial charge in [0.05, 0.1) is 11.5 Å². The Kier molecular flexibility index (Phi) is 4.06. The van der Waals surface area contributed by atoms with Crippen molar-refractivity contribution in [3.8, 4) is 0 Å². The molecule has 0 unspecified atom stereocenters. The number of rotatable bonds is 3. The first-order valence-electron chi connectivity index (χ1n) is 3.39. The molecule has 0 rings (SSSR count). The molecule has 0 heterocycles. The van der Waals surface area contributed by atoms with E-state index in [2.05, 4.69) is 4.74 Å². The van der Waals surface area contributed by atoms with Gasteiger partial charge in [-0.1, -0.05) is 0 Å². The van der Waals surface area contributed by atoms with Crippen molar-refractivity contribution >= 4 is 5.97 Å². The Bertz CT molecular complexity index is 271. The second kappa shape index (κ2) is 4.58. The van der Waals surface area contributed by atoms with E-state index in [4.69, 9.17) is 0 Å². The first kappa shape index (κ1) is 12.4. The highest BCUT2D eigenvalue weighted by Crippen LogP contribution is 2.19. The number of halogens is 3. The van der Waals surface area contributed by atoms with Crippen LogP contribution in [-0.4, -0.2) is 23.7 Å². The number of nitrogens with zero attached hydrogens (tertiary/aromatic N) is 1. The highest BCUT2D eigenvalue weighted by Gasteiger charge is 2.34. The van der Waals surface area contributed by atoms with Gasteiger partial charge in [0.15, 0.2) is 0 Å². The Labute approximate surface area is 76.3 Å². The first-order valence-corrected chi connectivity index (χ1v) is 3.39. The number of hydrogen-bond donors (Lipinski definition) is 0. The van der Waals surface area contributed by atoms with Crippen LogP contribution in [0, 0.1) is 10.1 Å². The Hall–Kier alpha value is -1.60. The number of esters is 1. The zero-order chi connectivity index (χ0) is 11.4. The summed E-state index contributed by atoms with van der Waals surface area (Å²) in [6.07, 6.45) is -5.62. The molecule has 5 nitrogen and oxygen atoms in total. The number of alkyl halides is 3. The molecule has 0 N–H and O–H groups in total. The number of hydrogen-bond acceptors (Lipinski definition) is 4. The minimum absolute atomic E-state index is 0.234. The molecule has 0 aromatic rings. The fraction of sp³-hybridized carbons (Fsp3) is 0.500. The van der Waals surface area contributed by atoms with Crippen LogP contribution in [0.25, 0.3) is 0 Å². The molecule has 0 fully saturated rings. The largest absolute Gasteiger partial charge is 0.458 e. The fourth-order valence-electron chi connectivity index (χ4n) is 0.546. The quantitative estimate of drug-likeness (QED) is 0.306. The summed E-state index contributed by atoms with van der Waals surface area (Å²) in [6.45, 7) is 1.09.